The second-order valence-corrected chi connectivity index (χ2v) is 7.56. The lowest BCUT2D eigenvalue weighted by atomic mass is 10.0. The maximum atomic E-state index is 12.7. The third-order valence-electron chi connectivity index (χ3n) is 4.85. The second kappa shape index (κ2) is 8.54. The van der Waals surface area contributed by atoms with Crippen LogP contribution in [0.4, 0.5) is 0 Å². The Balaban J connectivity index is 1.64. The van der Waals surface area contributed by atoms with Crippen LogP contribution in [0.1, 0.15) is 31.0 Å². The Labute approximate surface area is 154 Å². The third kappa shape index (κ3) is 4.25. The predicted octanol–water partition coefficient (Wildman–Crippen LogP) is 3.90. The molecule has 2 atom stereocenters. The number of hydrogen-bond acceptors (Lipinski definition) is 3. The summed E-state index contributed by atoms with van der Waals surface area (Å²) in [6.07, 6.45) is 0.827. The summed E-state index contributed by atoms with van der Waals surface area (Å²) >= 11 is 1.69. The largest absolute Gasteiger partial charge is 0.353 e. The maximum absolute atomic E-state index is 12.7. The zero-order valence-electron chi connectivity index (χ0n) is 14.9. The summed E-state index contributed by atoms with van der Waals surface area (Å²) in [5, 5.41) is 3.20. The summed E-state index contributed by atoms with van der Waals surface area (Å²) < 4.78 is 0. The van der Waals surface area contributed by atoms with E-state index in [4.69, 9.17) is 0 Å². The first-order valence-corrected chi connectivity index (χ1v) is 9.92. The Morgan fingerprint density at radius 2 is 1.80 bits per heavy atom. The van der Waals surface area contributed by atoms with E-state index >= 15 is 0 Å². The number of carbonyl (C=O) groups is 1. The van der Waals surface area contributed by atoms with Crippen LogP contribution in [-0.4, -0.2) is 35.7 Å². The van der Waals surface area contributed by atoms with Gasteiger partial charge in [-0.1, -0.05) is 62.4 Å². The second-order valence-electron chi connectivity index (χ2n) is 6.31. The van der Waals surface area contributed by atoms with Crippen molar-refractivity contribution in [1.82, 2.24) is 10.2 Å². The van der Waals surface area contributed by atoms with Crippen molar-refractivity contribution in [1.29, 1.82) is 0 Å². The number of nitrogens with one attached hydrogen (secondary N) is 1. The van der Waals surface area contributed by atoms with Gasteiger partial charge in [0.05, 0.1) is 11.3 Å². The van der Waals surface area contributed by atoms with Crippen molar-refractivity contribution in [2.24, 2.45) is 0 Å². The minimum absolute atomic E-state index is 0.00877. The van der Waals surface area contributed by atoms with Gasteiger partial charge in [0.15, 0.2) is 0 Å². The van der Waals surface area contributed by atoms with Gasteiger partial charge in [-0.2, -0.15) is 0 Å². The van der Waals surface area contributed by atoms with Crippen LogP contribution in [0.2, 0.25) is 0 Å². The van der Waals surface area contributed by atoms with Crippen molar-refractivity contribution in [2.45, 2.75) is 36.5 Å². The molecule has 0 spiro atoms. The van der Waals surface area contributed by atoms with Crippen molar-refractivity contribution in [3.05, 3.63) is 65.7 Å². The van der Waals surface area contributed by atoms with Crippen molar-refractivity contribution in [3.63, 3.8) is 0 Å². The van der Waals surface area contributed by atoms with Crippen LogP contribution in [0.3, 0.4) is 0 Å². The fraction of sp³-hybridized carbons (Fsp3) is 0.381. The van der Waals surface area contributed by atoms with E-state index in [9.17, 15) is 4.79 Å². The zero-order valence-corrected chi connectivity index (χ0v) is 15.8. The molecule has 1 heterocycles. The fourth-order valence-electron chi connectivity index (χ4n) is 3.44. The average molecular weight is 355 g/mol. The molecule has 0 bridgehead atoms. The highest BCUT2D eigenvalue weighted by Crippen LogP contribution is 2.36. The SMILES string of the molecule is CCN(CC)[C@H](CNC(=O)[C@@H]1Cc2ccccc2S1)c1ccccc1. The number of carbonyl (C=O) groups excluding carboxylic acids is 1. The van der Waals surface area contributed by atoms with E-state index < -0.39 is 0 Å². The molecular formula is C21H26N2OS. The number of amides is 1. The zero-order chi connectivity index (χ0) is 17.6. The van der Waals surface area contributed by atoms with Gasteiger partial charge < -0.3 is 5.32 Å². The van der Waals surface area contributed by atoms with E-state index in [1.807, 2.05) is 18.2 Å². The fourth-order valence-corrected chi connectivity index (χ4v) is 4.66. The first-order valence-electron chi connectivity index (χ1n) is 9.04. The number of hydrogen-bond donors (Lipinski definition) is 1. The molecule has 1 N–H and O–H groups in total. The molecule has 132 valence electrons. The smallest absolute Gasteiger partial charge is 0.233 e. The normalized spacial score (nSPS) is 17.3. The highest BCUT2D eigenvalue weighted by atomic mass is 32.2. The molecule has 4 heteroatoms. The van der Waals surface area contributed by atoms with Crippen molar-refractivity contribution in [2.75, 3.05) is 19.6 Å². The Bertz CT molecular complexity index is 675. The van der Waals surface area contributed by atoms with E-state index in [2.05, 4.69) is 60.5 Å². The van der Waals surface area contributed by atoms with Crippen LogP contribution in [0.5, 0.6) is 0 Å². The molecule has 0 unspecified atom stereocenters. The number of likely N-dealkylation sites (N-methyl/N-ethyl adjacent to an activating group) is 1. The molecule has 1 aliphatic heterocycles. The van der Waals surface area contributed by atoms with Gasteiger partial charge in [-0.3, -0.25) is 9.69 Å². The number of fused-ring (bicyclic) bond motifs is 1. The van der Waals surface area contributed by atoms with Gasteiger partial charge in [-0.05, 0) is 36.7 Å². The van der Waals surface area contributed by atoms with Crippen molar-refractivity contribution >= 4 is 17.7 Å². The minimum Gasteiger partial charge on any atom is -0.353 e. The average Bonchev–Trinajstić information content (AvgIpc) is 3.10. The predicted molar refractivity (Wildman–Crippen MR) is 105 cm³/mol. The van der Waals surface area contributed by atoms with Gasteiger partial charge >= 0.3 is 0 Å². The topological polar surface area (TPSA) is 32.3 Å². The Morgan fingerprint density at radius 3 is 2.48 bits per heavy atom. The molecule has 25 heavy (non-hydrogen) atoms. The molecule has 2 aromatic carbocycles. The number of rotatable bonds is 7. The molecule has 3 rings (SSSR count). The molecule has 0 fully saturated rings. The summed E-state index contributed by atoms with van der Waals surface area (Å²) in [5.74, 6) is 0.147. The maximum Gasteiger partial charge on any atom is 0.233 e. The van der Waals surface area contributed by atoms with Crippen molar-refractivity contribution in [3.8, 4) is 0 Å². The molecular weight excluding hydrogens is 328 g/mol. The van der Waals surface area contributed by atoms with Gasteiger partial charge in [0.2, 0.25) is 5.91 Å². The Kier molecular flexibility index (Phi) is 6.16. The quantitative estimate of drug-likeness (QED) is 0.818. The highest BCUT2D eigenvalue weighted by Gasteiger charge is 2.28. The van der Waals surface area contributed by atoms with E-state index in [1.54, 1.807) is 11.8 Å². The highest BCUT2D eigenvalue weighted by molar-refractivity contribution is 8.01. The lowest BCUT2D eigenvalue weighted by molar-refractivity contribution is -0.120. The van der Waals surface area contributed by atoms with E-state index in [0.717, 1.165) is 19.5 Å². The summed E-state index contributed by atoms with van der Waals surface area (Å²) in [6.45, 7) is 6.93. The van der Waals surface area contributed by atoms with E-state index in [0.29, 0.717) is 6.54 Å². The van der Waals surface area contributed by atoms with Crippen LogP contribution in [-0.2, 0) is 11.2 Å². The lowest BCUT2D eigenvalue weighted by Gasteiger charge is -2.30. The molecule has 0 radical (unpaired) electrons. The molecule has 0 aromatic heterocycles. The van der Waals surface area contributed by atoms with Gasteiger partial charge in [-0.15, -0.1) is 11.8 Å². The molecule has 0 aliphatic carbocycles. The summed E-state index contributed by atoms with van der Waals surface area (Å²) in [6, 6.07) is 19.0. The first-order chi connectivity index (χ1) is 12.2. The van der Waals surface area contributed by atoms with Crippen LogP contribution in [0.25, 0.3) is 0 Å². The van der Waals surface area contributed by atoms with Gasteiger partial charge in [0.1, 0.15) is 0 Å². The molecule has 0 saturated carbocycles. The van der Waals surface area contributed by atoms with Gasteiger partial charge in [0.25, 0.3) is 0 Å². The third-order valence-corrected chi connectivity index (χ3v) is 6.16. The molecule has 3 nitrogen and oxygen atoms in total. The van der Waals surface area contributed by atoms with E-state index in [-0.39, 0.29) is 17.2 Å². The number of thioether (sulfide) groups is 1. The summed E-state index contributed by atoms with van der Waals surface area (Å²) in [7, 11) is 0. The summed E-state index contributed by atoms with van der Waals surface area (Å²) in [5.41, 5.74) is 2.55. The van der Waals surface area contributed by atoms with Gasteiger partial charge in [0, 0.05) is 11.4 Å². The van der Waals surface area contributed by atoms with Crippen molar-refractivity contribution < 1.29 is 4.79 Å². The van der Waals surface area contributed by atoms with Crippen LogP contribution < -0.4 is 5.32 Å². The molecule has 1 aliphatic rings. The number of benzene rings is 2. The van der Waals surface area contributed by atoms with Crippen LogP contribution >= 0.6 is 11.8 Å². The molecule has 2 aromatic rings. The van der Waals surface area contributed by atoms with Crippen LogP contribution in [0.15, 0.2) is 59.5 Å². The standard InChI is InChI=1S/C21H26N2OS/c1-3-23(4-2)18(16-10-6-5-7-11-16)15-22-21(24)20-14-17-12-8-9-13-19(17)25-20/h5-13,18,20H,3-4,14-15H2,1-2H3,(H,22,24)/t18-,20+/m1/s1. The lowest BCUT2D eigenvalue weighted by Crippen LogP contribution is -2.41. The van der Waals surface area contributed by atoms with Gasteiger partial charge in [-0.25, -0.2) is 0 Å². The minimum atomic E-state index is -0.00877. The molecule has 1 amide bonds. The van der Waals surface area contributed by atoms with E-state index in [1.165, 1.54) is 16.0 Å². The number of nitrogens with zero attached hydrogens (tertiary/aromatic N) is 1. The van der Waals surface area contributed by atoms with Crippen LogP contribution in [0, 0.1) is 0 Å². The Morgan fingerprint density at radius 1 is 1.12 bits per heavy atom. The summed E-state index contributed by atoms with van der Waals surface area (Å²) in [4.78, 5) is 16.3. The first kappa shape index (κ1) is 18.0. The molecule has 0 saturated heterocycles. The Hall–Kier alpha value is -1.78. The monoisotopic (exact) mass is 354 g/mol.